The zero-order valence-electron chi connectivity index (χ0n) is 15.1. The van der Waals surface area contributed by atoms with Gasteiger partial charge in [-0.1, -0.05) is 0 Å². The van der Waals surface area contributed by atoms with E-state index in [0.29, 0.717) is 17.5 Å². The lowest BCUT2D eigenvalue weighted by Gasteiger charge is -2.43. The number of methoxy groups -OCH3 is 1. The molecule has 140 valence electrons. The lowest BCUT2D eigenvalue weighted by molar-refractivity contribution is -0.117. The molecule has 7 heteroatoms. The van der Waals surface area contributed by atoms with Crippen LogP contribution in [0.3, 0.4) is 0 Å². The van der Waals surface area contributed by atoms with Gasteiger partial charge in [0.2, 0.25) is 0 Å². The second-order valence-electron chi connectivity index (χ2n) is 7.22. The van der Waals surface area contributed by atoms with Crippen LogP contribution >= 0.6 is 0 Å². The number of fused-ring (bicyclic) bond motifs is 1. The normalized spacial score (nSPS) is 26.4. The summed E-state index contributed by atoms with van der Waals surface area (Å²) < 4.78 is 5.24. The Kier molecular flexibility index (Phi) is 4.74. The van der Waals surface area contributed by atoms with Crippen molar-refractivity contribution in [3.05, 3.63) is 35.5 Å². The lowest BCUT2D eigenvalue weighted by Crippen LogP contribution is -2.58. The fourth-order valence-corrected chi connectivity index (χ4v) is 4.51. The quantitative estimate of drug-likeness (QED) is 0.631. The highest BCUT2D eigenvalue weighted by Crippen LogP contribution is 2.38. The average Bonchev–Trinajstić information content (AvgIpc) is 3.08. The Morgan fingerprint density at radius 3 is 2.54 bits per heavy atom. The van der Waals surface area contributed by atoms with E-state index in [1.807, 2.05) is 29.3 Å². The van der Waals surface area contributed by atoms with E-state index in [2.05, 4.69) is 16.1 Å². The summed E-state index contributed by atoms with van der Waals surface area (Å²) in [5.74, 6) is 1.52. The number of ether oxygens (including phenoxy) is 1. The number of amides is 1. The molecule has 0 bridgehead atoms. The van der Waals surface area contributed by atoms with Gasteiger partial charge in [0.1, 0.15) is 17.6 Å². The smallest absolute Gasteiger partial charge is 0.268 e. The molecule has 2 atom stereocenters. The SMILES string of the molecule is COc1ccc(C2=C(C(N)=O)N3NCCC(C4CCNCC4)C3N2)cc1. The molecule has 0 aliphatic carbocycles. The van der Waals surface area contributed by atoms with Gasteiger partial charge in [-0.2, -0.15) is 0 Å². The molecule has 1 aromatic rings. The first-order chi connectivity index (χ1) is 12.7. The van der Waals surface area contributed by atoms with Crippen molar-refractivity contribution in [1.29, 1.82) is 0 Å². The molecule has 3 aliphatic rings. The first-order valence-electron chi connectivity index (χ1n) is 9.37. The van der Waals surface area contributed by atoms with E-state index in [0.717, 1.165) is 43.1 Å². The maximum atomic E-state index is 12.3. The van der Waals surface area contributed by atoms with Crippen molar-refractivity contribution >= 4 is 11.6 Å². The van der Waals surface area contributed by atoms with E-state index in [1.54, 1.807) is 7.11 Å². The Morgan fingerprint density at radius 1 is 1.15 bits per heavy atom. The highest BCUT2D eigenvalue weighted by molar-refractivity contribution is 6.00. The standard InChI is InChI=1S/C19H27N5O2/c1-26-14-4-2-13(3-5-14)16-17(18(20)25)24-19(23-16)15(8-11-22-24)12-6-9-21-10-7-12/h2-5,12,15,19,21-23H,6-11H2,1H3,(H2,20,25). The van der Waals surface area contributed by atoms with Gasteiger partial charge in [-0.25, -0.2) is 5.43 Å². The average molecular weight is 357 g/mol. The summed E-state index contributed by atoms with van der Waals surface area (Å²) in [6, 6.07) is 7.72. The number of hydrogen-bond donors (Lipinski definition) is 4. The van der Waals surface area contributed by atoms with Gasteiger partial charge in [-0.15, -0.1) is 0 Å². The summed E-state index contributed by atoms with van der Waals surface area (Å²) in [7, 11) is 1.64. The molecule has 7 nitrogen and oxygen atoms in total. The van der Waals surface area contributed by atoms with Crippen LogP contribution in [0.5, 0.6) is 5.75 Å². The Morgan fingerprint density at radius 2 is 1.88 bits per heavy atom. The molecule has 26 heavy (non-hydrogen) atoms. The van der Waals surface area contributed by atoms with Gasteiger partial charge in [0.05, 0.1) is 12.8 Å². The number of hydrazine groups is 1. The number of nitrogens with two attached hydrogens (primary N) is 1. The van der Waals surface area contributed by atoms with Gasteiger partial charge >= 0.3 is 0 Å². The van der Waals surface area contributed by atoms with Crippen molar-refractivity contribution in [2.24, 2.45) is 17.6 Å². The topological polar surface area (TPSA) is 91.7 Å². The third kappa shape index (κ3) is 3.01. The molecule has 0 saturated carbocycles. The molecule has 2 fully saturated rings. The number of rotatable bonds is 4. The Labute approximate surface area is 153 Å². The van der Waals surface area contributed by atoms with Crippen LogP contribution in [0.2, 0.25) is 0 Å². The monoisotopic (exact) mass is 357 g/mol. The van der Waals surface area contributed by atoms with Crippen molar-refractivity contribution in [2.75, 3.05) is 26.7 Å². The van der Waals surface area contributed by atoms with Crippen LogP contribution in [-0.2, 0) is 4.79 Å². The van der Waals surface area contributed by atoms with Crippen molar-refractivity contribution in [3.8, 4) is 5.75 Å². The number of benzene rings is 1. The predicted molar refractivity (Wildman–Crippen MR) is 99.6 cm³/mol. The maximum Gasteiger partial charge on any atom is 0.268 e. The molecule has 3 heterocycles. The Balaban J connectivity index is 1.64. The van der Waals surface area contributed by atoms with E-state index in [-0.39, 0.29) is 6.17 Å². The van der Waals surface area contributed by atoms with Gasteiger partial charge in [0.15, 0.2) is 0 Å². The maximum absolute atomic E-state index is 12.3. The van der Waals surface area contributed by atoms with Gasteiger partial charge in [0.25, 0.3) is 5.91 Å². The molecular formula is C19H27N5O2. The fraction of sp³-hybridized carbons (Fsp3) is 0.526. The third-order valence-electron chi connectivity index (χ3n) is 5.81. The van der Waals surface area contributed by atoms with Crippen molar-refractivity contribution in [2.45, 2.75) is 25.4 Å². The van der Waals surface area contributed by atoms with Crippen LogP contribution < -0.4 is 26.5 Å². The number of carbonyl (C=O) groups excluding carboxylic acids is 1. The molecule has 3 aliphatic heterocycles. The zero-order chi connectivity index (χ0) is 18.1. The van der Waals surface area contributed by atoms with E-state index in [1.165, 1.54) is 12.8 Å². The van der Waals surface area contributed by atoms with Gasteiger partial charge in [0, 0.05) is 18.0 Å². The predicted octanol–water partition coefficient (Wildman–Crippen LogP) is 0.605. The second kappa shape index (κ2) is 7.17. The number of nitrogens with one attached hydrogen (secondary N) is 3. The second-order valence-corrected chi connectivity index (χ2v) is 7.22. The zero-order valence-corrected chi connectivity index (χ0v) is 15.1. The van der Waals surface area contributed by atoms with Crippen molar-refractivity contribution in [3.63, 3.8) is 0 Å². The largest absolute Gasteiger partial charge is 0.497 e. The molecule has 2 saturated heterocycles. The van der Waals surface area contributed by atoms with Gasteiger partial charge in [-0.05, 0) is 62.5 Å². The first-order valence-corrected chi connectivity index (χ1v) is 9.37. The van der Waals surface area contributed by atoms with E-state index in [9.17, 15) is 4.79 Å². The number of piperidine rings is 1. The van der Waals surface area contributed by atoms with Crippen LogP contribution in [0.25, 0.3) is 5.70 Å². The fourth-order valence-electron chi connectivity index (χ4n) is 4.51. The summed E-state index contributed by atoms with van der Waals surface area (Å²) in [5, 5.41) is 9.02. The van der Waals surface area contributed by atoms with Gasteiger partial charge < -0.3 is 21.1 Å². The summed E-state index contributed by atoms with van der Waals surface area (Å²) in [4.78, 5) is 12.3. The molecule has 2 unspecified atom stereocenters. The van der Waals surface area contributed by atoms with Crippen LogP contribution in [0, 0.1) is 11.8 Å². The molecule has 0 aromatic heterocycles. The number of primary amides is 1. The Bertz CT molecular complexity index is 696. The molecule has 5 N–H and O–H groups in total. The molecule has 1 amide bonds. The Hall–Kier alpha value is -2.25. The molecule has 1 aromatic carbocycles. The number of nitrogens with zero attached hydrogens (tertiary/aromatic N) is 1. The van der Waals surface area contributed by atoms with E-state index >= 15 is 0 Å². The first kappa shape index (κ1) is 17.2. The van der Waals surface area contributed by atoms with Crippen LogP contribution in [0.4, 0.5) is 0 Å². The van der Waals surface area contributed by atoms with E-state index in [4.69, 9.17) is 10.5 Å². The highest BCUT2D eigenvalue weighted by atomic mass is 16.5. The summed E-state index contributed by atoms with van der Waals surface area (Å²) >= 11 is 0. The summed E-state index contributed by atoms with van der Waals surface area (Å²) in [6.07, 6.45) is 3.52. The highest BCUT2D eigenvalue weighted by Gasteiger charge is 2.44. The summed E-state index contributed by atoms with van der Waals surface area (Å²) in [6.45, 7) is 3.00. The molecular weight excluding hydrogens is 330 g/mol. The van der Waals surface area contributed by atoms with Crippen molar-refractivity contribution in [1.82, 2.24) is 21.1 Å². The summed E-state index contributed by atoms with van der Waals surface area (Å²) in [5.41, 5.74) is 11.4. The van der Waals surface area contributed by atoms with Crippen LogP contribution in [0.1, 0.15) is 24.8 Å². The minimum Gasteiger partial charge on any atom is -0.497 e. The van der Waals surface area contributed by atoms with E-state index < -0.39 is 5.91 Å². The third-order valence-corrected chi connectivity index (χ3v) is 5.81. The molecule has 0 spiro atoms. The minimum atomic E-state index is -0.413. The van der Waals surface area contributed by atoms with Crippen LogP contribution in [0.15, 0.2) is 30.0 Å². The van der Waals surface area contributed by atoms with Crippen molar-refractivity contribution < 1.29 is 9.53 Å². The number of hydrogen-bond acceptors (Lipinski definition) is 6. The number of carbonyl (C=O) groups is 1. The molecule has 4 rings (SSSR count). The minimum absolute atomic E-state index is 0.0615. The molecule has 0 radical (unpaired) electrons. The van der Waals surface area contributed by atoms with Gasteiger partial charge in [-0.3, -0.25) is 9.80 Å². The van der Waals surface area contributed by atoms with Crippen LogP contribution in [-0.4, -0.2) is 43.8 Å². The lowest BCUT2D eigenvalue weighted by atomic mass is 9.80.